The van der Waals surface area contributed by atoms with Crippen LogP contribution < -0.4 is 9.47 Å². The van der Waals surface area contributed by atoms with Crippen molar-refractivity contribution < 1.29 is 27.8 Å². The van der Waals surface area contributed by atoms with Crippen molar-refractivity contribution in [2.45, 2.75) is 31.6 Å². The fraction of sp³-hybridized carbons (Fsp3) is 0.500. The topological polar surface area (TPSA) is 89.9 Å². The van der Waals surface area contributed by atoms with Crippen molar-refractivity contribution in [3.05, 3.63) is 23.8 Å². The molecule has 0 fully saturated rings. The second kappa shape index (κ2) is 5.93. The summed E-state index contributed by atoms with van der Waals surface area (Å²) in [5.74, 6) is -0.109. The van der Waals surface area contributed by atoms with Gasteiger partial charge >= 0.3 is 5.97 Å². The van der Waals surface area contributed by atoms with Gasteiger partial charge in [0.2, 0.25) is 0 Å². The van der Waals surface area contributed by atoms with Crippen LogP contribution in [0, 0.1) is 0 Å². The predicted octanol–water partition coefficient (Wildman–Crippen LogP) is 1.28. The summed E-state index contributed by atoms with van der Waals surface area (Å²) >= 11 is 0. The van der Waals surface area contributed by atoms with Gasteiger partial charge in [-0.25, -0.2) is 13.2 Å². The summed E-state index contributed by atoms with van der Waals surface area (Å²) in [7, 11) is -3.13. The average Bonchev–Trinajstić information content (AvgIpc) is 2.81. The Balaban J connectivity index is 1.96. The third-order valence-electron chi connectivity index (χ3n) is 3.34. The van der Waals surface area contributed by atoms with Crippen LogP contribution in [-0.4, -0.2) is 43.2 Å². The number of rotatable bonds is 6. The number of fused-ring (bicyclic) bond motifs is 1. The number of hydrogen-bond acceptors (Lipinski definition) is 5. The highest BCUT2D eigenvalue weighted by Crippen LogP contribution is 2.32. The Morgan fingerprint density at radius 1 is 1.48 bits per heavy atom. The van der Waals surface area contributed by atoms with E-state index in [0.29, 0.717) is 17.9 Å². The molecule has 0 radical (unpaired) electrons. The van der Waals surface area contributed by atoms with Gasteiger partial charge in [-0.1, -0.05) is 6.07 Å². The van der Waals surface area contributed by atoms with Crippen LogP contribution in [0.1, 0.15) is 19.4 Å². The molecular weight excluding hydrogens is 296 g/mol. The maximum Gasteiger partial charge on any atom is 0.345 e. The molecular formula is C14H18O6S. The summed E-state index contributed by atoms with van der Waals surface area (Å²) in [6.07, 6.45) is -0.538. The van der Waals surface area contributed by atoms with Crippen molar-refractivity contribution in [2.24, 2.45) is 0 Å². The first kappa shape index (κ1) is 15.6. The van der Waals surface area contributed by atoms with Crippen LogP contribution in [0.25, 0.3) is 0 Å². The van der Waals surface area contributed by atoms with Crippen LogP contribution in [0.4, 0.5) is 0 Å². The molecule has 6 nitrogen and oxygen atoms in total. The van der Waals surface area contributed by atoms with Gasteiger partial charge in [0.05, 0.1) is 11.0 Å². The smallest absolute Gasteiger partial charge is 0.345 e. The van der Waals surface area contributed by atoms with Crippen molar-refractivity contribution in [3.63, 3.8) is 0 Å². The number of carbonyl (C=O) groups is 1. The Morgan fingerprint density at radius 3 is 2.81 bits per heavy atom. The molecule has 1 atom stereocenters. The maximum atomic E-state index is 11.7. The molecule has 0 aromatic heterocycles. The molecule has 1 unspecified atom stereocenters. The van der Waals surface area contributed by atoms with E-state index in [-0.39, 0.29) is 12.4 Å². The van der Waals surface area contributed by atoms with Crippen molar-refractivity contribution in [2.75, 3.05) is 12.4 Å². The first-order valence-electron chi connectivity index (χ1n) is 6.66. The summed E-state index contributed by atoms with van der Waals surface area (Å²) in [5, 5.41) is 8.48. The third-order valence-corrected chi connectivity index (χ3v) is 5.52. The zero-order valence-electron chi connectivity index (χ0n) is 11.9. The van der Waals surface area contributed by atoms with Gasteiger partial charge in [0.15, 0.2) is 15.9 Å². The third kappa shape index (κ3) is 3.66. The highest BCUT2D eigenvalue weighted by molar-refractivity contribution is 7.91. The van der Waals surface area contributed by atoms with Gasteiger partial charge in [-0.15, -0.1) is 0 Å². The van der Waals surface area contributed by atoms with Gasteiger partial charge < -0.3 is 14.6 Å². The lowest BCUT2D eigenvalue weighted by Gasteiger charge is -2.10. The summed E-state index contributed by atoms with van der Waals surface area (Å²) in [4.78, 5) is 10.9. The Morgan fingerprint density at radius 2 is 2.19 bits per heavy atom. The summed E-state index contributed by atoms with van der Waals surface area (Å²) in [5.41, 5.74) is 0.810. The second-order valence-electron chi connectivity index (χ2n) is 5.18. The number of ether oxygens (including phenoxy) is 2. The zero-order chi connectivity index (χ0) is 15.6. The van der Waals surface area contributed by atoms with E-state index in [9.17, 15) is 13.2 Å². The zero-order valence-corrected chi connectivity index (χ0v) is 12.7. The average molecular weight is 314 g/mol. The maximum absolute atomic E-state index is 11.7. The second-order valence-corrected chi connectivity index (χ2v) is 7.86. The van der Waals surface area contributed by atoms with E-state index in [0.717, 1.165) is 5.56 Å². The first-order valence-corrected chi connectivity index (χ1v) is 8.38. The first-order chi connectivity index (χ1) is 9.79. The highest BCUT2D eigenvalue weighted by atomic mass is 32.2. The number of benzene rings is 1. The lowest BCUT2D eigenvalue weighted by molar-refractivity contribution is -0.144. The molecule has 0 spiro atoms. The highest BCUT2D eigenvalue weighted by Gasteiger charge is 2.29. The number of sulfone groups is 1. The summed E-state index contributed by atoms with van der Waals surface area (Å²) < 4.78 is 34.0. The molecule has 1 aliphatic rings. The minimum absolute atomic E-state index is 0.0552. The van der Waals surface area contributed by atoms with E-state index < -0.39 is 27.2 Å². The van der Waals surface area contributed by atoms with Gasteiger partial charge in [0.25, 0.3) is 0 Å². The van der Waals surface area contributed by atoms with Gasteiger partial charge in [0.1, 0.15) is 18.1 Å². The van der Waals surface area contributed by atoms with Crippen LogP contribution in [-0.2, 0) is 21.1 Å². The number of aliphatic carboxylic acids is 1. The van der Waals surface area contributed by atoms with Gasteiger partial charge in [-0.05, 0) is 25.5 Å². The molecule has 0 aliphatic carbocycles. The van der Waals surface area contributed by atoms with Crippen molar-refractivity contribution in [1.82, 2.24) is 0 Å². The molecule has 1 aromatic rings. The lowest BCUT2D eigenvalue weighted by Crippen LogP contribution is -2.24. The van der Waals surface area contributed by atoms with Gasteiger partial charge in [-0.3, -0.25) is 0 Å². The fourth-order valence-corrected chi connectivity index (χ4v) is 2.73. The summed E-state index contributed by atoms with van der Waals surface area (Å²) in [6.45, 7) is 3.32. The van der Waals surface area contributed by atoms with E-state index in [2.05, 4.69) is 0 Å². The minimum atomic E-state index is -3.13. The molecule has 21 heavy (non-hydrogen) atoms. The Hall–Kier alpha value is -1.76. The Bertz CT molecular complexity index is 635. The van der Waals surface area contributed by atoms with E-state index in [4.69, 9.17) is 14.6 Å². The van der Waals surface area contributed by atoms with Crippen molar-refractivity contribution in [3.8, 4) is 11.5 Å². The van der Waals surface area contributed by atoms with E-state index >= 15 is 0 Å². The van der Waals surface area contributed by atoms with Crippen LogP contribution in [0.15, 0.2) is 18.2 Å². The summed E-state index contributed by atoms with van der Waals surface area (Å²) in [6, 6.07) is 5.03. The number of carboxylic acids is 1. The molecule has 1 aromatic carbocycles. The van der Waals surface area contributed by atoms with E-state index in [1.807, 2.05) is 0 Å². The van der Waals surface area contributed by atoms with Crippen molar-refractivity contribution >= 4 is 15.8 Å². The molecule has 116 valence electrons. The quantitative estimate of drug-likeness (QED) is 0.850. The monoisotopic (exact) mass is 314 g/mol. The standard InChI is InChI=1S/C14H18O6S/c1-9(2)21(17,18)6-5-19-11-4-3-10-7-13(14(15)16)20-12(10)8-11/h3-4,8-9,13H,5-7H2,1-2H3,(H,15,16). The van der Waals surface area contributed by atoms with Crippen LogP contribution in [0.5, 0.6) is 11.5 Å². The Labute approximate surface area is 123 Å². The largest absolute Gasteiger partial charge is 0.492 e. The van der Waals surface area contributed by atoms with E-state index in [1.165, 1.54) is 0 Å². The minimum Gasteiger partial charge on any atom is -0.492 e. The molecule has 0 saturated carbocycles. The van der Waals surface area contributed by atoms with E-state index in [1.54, 1.807) is 32.0 Å². The molecule has 7 heteroatoms. The molecule has 1 N–H and O–H groups in total. The molecule has 0 bridgehead atoms. The number of carboxylic acid groups (broad SMARTS) is 1. The number of hydrogen-bond donors (Lipinski definition) is 1. The molecule has 0 amide bonds. The predicted molar refractivity (Wildman–Crippen MR) is 76.6 cm³/mol. The van der Waals surface area contributed by atoms with Gasteiger partial charge in [0, 0.05) is 12.5 Å². The molecule has 0 saturated heterocycles. The molecule has 2 rings (SSSR count). The molecule has 1 aliphatic heterocycles. The Kier molecular flexibility index (Phi) is 4.41. The van der Waals surface area contributed by atoms with Crippen LogP contribution in [0.2, 0.25) is 0 Å². The normalized spacial score (nSPS) is 17.4. The fourth-order valence-electron chi connectivity index (χ4n) is 1.95. The van der Waals surface area contributed by atoms with Crippen LogP contribution >= 0.6 is 0 Å². The van der Waals surface area contributed by atoms with Gasteiger partial charge in [-0.2, -0.15) is 0 Å². The lowest BCUT2D eigenvalue weighted by atomic mass is 10.1. The molecule has 1 heterocycles. The van der Waals surface area contributed by atoms with Crippen molar-refractivity contribution in [1.29, 1.82) is 0 Å². The van der Waals surface area contributed by atoms with Crippen LogP contribution in [0.3, 0.4) is 0 Å². The SMILES string of the molecule is CC(C)S(=O)(=O)CCOc1ccc2c(c1)OC(C(=O)O)C2.